The molecule has 6 bridgehead atoms. The fourth-order valence-corrected chi connectivity index (χ4v) is 12.2. The first-order valence-electron chi connectivity index (χ1n) is 18.9. The van der Waals surface area contributed by atoms with Gasteiger partial charge in [0.25, 0.3) is 0 Å². The minimum absolute atomic E-state index is 0.0281. The number of hydrogen-bond donors (Lipinski definition) is 3. The van der Waals surface area contributed by atoms with E-state index in [1.807, 2.05) is 30.4 Å². The zero-order valence-corrected chi connectivity index (χ0v) is 29.5. The molecule has 3 N–H and O–H groups in total. The van der Waals surface area contributed by atoms with Crippen molar-refractivity contribution in [3.05, 3.63) is 59.7 Å². The molecule has 7 heteroatoms. The SMILES string of the molecule is CC1C2CC=CC(O)C2OC1C(O)C(C)(O)C1CCC23OCC#CC(c4ccccc4)COC4CCC5(C)C(C4)C(=O)C=C2C5CCC13C. The molecule has 0 amide bonds. The summed E-state index contributed by atoms with van der Waals surface area (Å²) < 4.78 is 20.1. The van der Waals surface area contributed by atoms with E-state index in [2.05, 4.69) is 44.7 Å². The van der Waals surface area contributed by atoms with Crippen LogP contribution in [-0.2, 0) is 19.0 Å². The van der Waals surface area contributed by atoms with Crippen LogP contribution in [0.3, 0.4) is 0 Å². The average Bonchev–Trinajstić information content (AvgIpc) is 3.59. The summed E-state index contributed by atoms with van der Waals surface area (Å²) in [4.78, 5) is 14.2. The minimum Gasteiger partial charge on any atom is -0.387 e. The molecular weight excluding hydrogens is 616 g/mol. The van der Waals surface area contributed by atoms with E-state index in [1.54, 1.807) is 13.0 Å². The van der Waals surface area contributed by atoms with E-state index in [4.69, 9.17) is 14.2 Å². The average molecular weight is 671 g/mol. The van der Waals surface area contributed by atoms with Gasteiger partial charge in [-0.1, -0.05) is 75.1 Å². The van der Waals surface area contributed by atoms with Crippen LogP contribution in [0, 0.1) is 52.3 Å². The summed E-state index contributed by atoms with van der Waals surface area (Å²) in [6, 6.07) is 10.3. The van der Waals surface area contributed by atoms with Gasteiger partial charge < -0.3 is 29.5 Å². The van der Waals surface area contributed by atoms with Crippen LogP contribution in [0.1, 0.15) is 90.5 Å². The third-order valence-corrected chi connectivity index (χ3v) is 15.0. The van der Waals surface area contributed by atoms with Crippen LogP contribution in [0.4, 0.5) is 0 Å². The van der Waals surface area contributed by atoms with E-state index in [-0.39, 0.29) is 65.5 Å². The molecule has 4 aliphatic heterocycles. The number of aliphatic hydroxyl groups is 3. The van der Waals surface area contributed by atoms with Crippen molar-refractivity contribution in [3.8, 4) is 11.8 Å². The molecule has 4 fully saturated rings. The van der Waals surface area contributed by atoms with Crippen molar-refractivity contribution in [2.75, 3.05) is 13.2 Å². The number of carbonyl (C=O) groups is 1. The Kier molecular flexibility index (Phi) is 8.38. The quantitative estimate of drug-likeness (QED) is 0.286. The van der Waals surface area contributed by atoms with Gasteiger partial charge in [-0.15, -0.1) is 0 Å². The number of rotatable bonds is 4. The van der Waals surface area contributed by atoms with Crippen molar-refractivity contribution in [2.45, 2.75) is 127 Å². The van der Waals surface area contributed by atoms with E-state index in [0.29, 0.717) is 19.4 Å². The predicted octanol–water partition coefficient (Wildman–Crippen LogP) is 5.52. The molecule has 264 valence electrons. The third kappa shape index (κ3) is 5.03. The van der Waals surface area contributed by atoms with Crippen molar-refractivity contribution < 1.29 is 34.3 Å². The first-order valence-corrected chi connectivity index (χ1v) is 18.9. The molecule has 15 unspecified atom stereocenters. The maximum absolute atomic E-state index is 14.2. The zero-order chi connectivity index (χ0) is 34.3. The van der Waals surface area contributed by atoms with E-state index in [9.17, 15) is 20.1 Å². The Labute approximate surface area is 291 Å². The van der Waals surface area contributed by atoms with E-state index in [0.717, 1.165) is 49.7 Å². The highest BCUT2D eigenvalue weighted by molar-refractivity contribution is 5.95. The van der Waals surface area contributed by atoms with Crippen LogP contribution in [0.2, 0.25) is 0 Å². The fourth-order valence-electron chi connectivity index (χ4n) is 12.2. The minimum atomic E-state index is -1.50. The highest BCUT2D eigenvalue weighted by Gasteiger charge is 2.70. The number of ketones is 1. The number of allylic oxidation sites excluding steroid dienone is 2. The largest absolute Gasteiger partial charge is 0.387 e. The van der Waals surface area contributed by atoms with Gasteiger partial charge >= 0.3 is 0 Å². The molecule has 5 aliphatic carbocycles. The Bertz CT molecular complexity index is 1570. The standard InChI is InChI=1S/C42H54O7/c1-25-29-13-8-14-33(43)37(29)49-36(25)38(45)41(4,46)35-17-20-42-31-23-34(44)32-22-28(15-18-39(32,2)30(31)16-19-40(35,42)3)47-24-27(12-9-21-48-42)26-10-6-5-7-11-26/h5-8,10-11,14,23,25,27-30,32-33,35-38,43,45-46H,13,15-22,24H2,1-4H3. The second-order valence-corrected chi connectivity index (χ2v) is 17.2. The molecule has 9 aliphatic rings. The van der Waals surface area contributed by atoms with Gasteiger partial charge in [0.05, 0.1) is 48.1 Å². The Hall–Kier alpha value is -2.31. The third-order valence-electron chi connectivity index (χ3n) is 15.0. The number of carbonyl (C=O) groups excluding carboxylic acids is 1. The Morgan fingerprint density at radius 2 is 1.86 bits per heavy atom. The normalized spacial score (nSPS) is 47.7. The number of fused-ring (bicyclic) bond motifs is 3. The molecule has 15 atom stereocenters. The smallest absolute Gasteiger partial charge is 0.159 e. The topological polar surface area (TPSA) is 105 Å². The second kappa shape index (κ2) is 12.1. The van der Waals surface area contributed by atoms with Gasteiger partial charge in [-0.2, -0.15) is 0 Å². The maximum atomic E-state index is 14.2. The van der Waals surface area contributed by atoms with Crippen molar-refractivity contribution >= 4 is 5.78 Å². The lowest BCUT2D eigenvalue weighted by Gasteiger charge is -2.61. The van der Waals surface area contributed by atoms with Gasteiger partial charge in [0, 0.05) is 11.3 Å². The highest BCUT2D eigenvalue weighted by Crippen LogP contribution is 2.70. The molecule has 10 rings (SSSR count). The van der Waals surface area contributed by atoms with Gasteiger partial charge in [-0.25, -0.2) is 0 Å². The lowest BCUT2D eigenvalue weighted by atomic mass is 9.45. The maximum Gasteiger partial charge on any atom is 0.159 e. The molecule has 7 nitrogen and oxygen atoms in total. The molecule has 3 saturated carbocycles. The summed E-state index contributed by atoms with van der Waals surface area (Å²) in [5.41, 5.74) is -0.840. The number of benzene rings is 1. The van der Waals surface area contributed by atoms with E-state index < -0.39 is 34.9 Å². The fraction of sp³-hybridized carbons (Fsp3) is 0.690. The monoisotopic (exact) mass is 670 g/mol. The van der Waals surface area contributed by atoms with Crippen molar-refractivity contribution in [1.29, 1.82) is 0 Å². The summed E-state index contributed by atoms with van der Waals surface area (Å²) in [5.74, 6) is 6.77. The van der Waals surface area contributed by atoms with Crippen LogP contribution in [-0.4, -0.2) is 76.0 Å². The van der Waals surface area contributed by atoms with E-state index >= 15 is 0 Å². The first kappa shape index (κ1) is 33.8. The van der Waals surface area contributed by atoms with E-state index in [1.165, 1.54) is 0 Å². The zero-order valence-electron chi connectivity index (χ0n) is 29.5. The summed E-state index contributed by atoms with van der Waals surface area (Å²) in [6.45, 7) is 9.08. The molecule has 0 aromatic heterocycles. The summed E-state index contributed by atoms with van der Waals surface area (Å²) in [6.07, 6.45) is 9.24. The summed E-state index contributed by atoms with van der Waals surface area (Å²) >= 11 is 0. The lowest BCUT2D eigenvalue weighted by Crippen LogP contribution is -2.64. The molecule has 1 spiro atoms. The number of hydrogen-bond acceptors (Lipinski definition) is 7. The van der Waals surface area contributed by atoms with Gasteiger partial charge in [0.2, 0.25) is 0 Å². The van der Waals surface area contributed by atoms with Crippen molar-refractivity contribution in [3.63, 3.8) is 0 Å². The summed E-state index contributed by atoms with van der Waals surface area (Å²) in [7, 11) is 0. The predicted molar refractivity (Wildman–Crippen MR) is 185 cm³/mol. The lowest BCUT2D eigenvalue weighted by molar-refractivity contribution is -0.205. The Morgan fingerprint density at radius 3 is 2.63 bits per heavy atom. The molecular formula is C42H54O7. The molecule has 4 heterocycles. The Balaban J connectivity index is 1.17. The Morgan fingerprint density at radius 1 is 1.06 bits per heavy atom. The molecule has 49 heavy (non-hydrogen) atoms. The number of aliphatic hydroxyl groups excluding tert-OH is 2. The number of ether oxygens (including phenoxy) is 3. The molecule has 1 aromatic rings. The van der Waals surface area contributed by atoms with Crippen LogP contribution < -0.4 is 0 Å². The van der Waals surface area contributed by atoms with Crippen LogP contribution in [0.15, 0.2) is 54.1 Å². The van der Waals surface area contributed by atoms with Crippen LogP contribution >= 0.6 is 0 Å². The summed E-state index contributed by atoms with van der Waals surface area (Å²) in [5, 5.41) is 35.3. The van der Waals surface area contributed by atoms with Crippen LogP contribution in [0.5, 0.6) is 0 Å². The highest BCUT2D eigenvalue weighted by atomic mass is 16.5. The van der Waals surface area contributed by atoms with Crippen molar-refractivity contribution in [2.24, 2.45) is 40.4 Å². The second-order valence-electron chi connectivity index (χ2n) is 17.2. The van der Waals surface area contributed by atoms with Gasteiger partial charge in [0.1, 0.15) is 12.7 Å². The van der Waals surface area contributed by atoms with Crippen molar-refractivity contribution in [1.82, 2.24) is 0 Å². The molecule has 0 radical (unpaired) electrons. The van der Waals surface area contributed by atoms with Gasteiger partial charge in [-0.3, -0.25) is 4.79 Å². The first-order chi connectivity index (χ1) is 23.4. The molecule has 1 saturated heterocycles. The molecule has 1 aromatic carbocycles. The van der Waals surface area contributed by atoms with Gasteiger partial charge in [-0.05, 0) is 105 Å². The van der Waals surface area contributed by atoms with Crippen LogP contribution in [0.25, 0.3) is 0 Å². The van der Waals surface area contributed by atoms with Gasteiger partial charge in [0.15, 0.2) is 5.78 Å².